The Kier molecular flexibility index (Phi) is 4.11. The van der Waals surface area contributed by atoms with Gasteiger partial charge in [-0.2, -0.15) is 0 Å². The highest BCUT2D eigenvalue weighted by atomic mass is 32.1. The van der Waals surface area contributed by atoms with E-state index in [1.165, 1.54) is 28.3 Å². The van der Waals surface area contributed by atoms with Gasteiger partial charge in [-0.25, -0.2) is 23.7 Å². The minimum atomic E-state index is -2.73. The third kappa shape index (κ3) is 2.83. The number of aromatic nitrogens is 5. The largest absolute Gasteiger partial charge is 0.365 e. The predicted molar refractivity (Wildman–Crippen MR) is 96.0 cm³/mol. The molecule has 0 aliphatic heterocycles. The maximum atomic E-state index is 13.5. The molecular formula is C17H12F2N6OS. The lowest BCUT2D eigenvalue weighted by Crippen LogP contribution is -2.19. The molecule has 0 spiro atoms. The van der Waals surface area contributed by atoms with Crippen LogP contribution in [-0.2, 0) is 0 Å². The number of alkyl halides is 2. The highest BCUT2D eigenvalue weighted by Gasteiger charge is 2.24. The average Bonchev–Trinajstić information content (AvgIpc) is 3.28. The van der Waals surface area contributed by atoms with Gasteiger partial charge in [0.15, 0.2) is 16.6 Å². The predicted octanol–water partition coefficient (Wildman–Crippen LogP) is 3.28. The lowest BCUT2D eigenvalue weighted by atomic mass is 10.2. The van der Waals surface area contributed by atoms with Crippen LogP contribution in [0.5, 0.6) is 0 Å². The van der Waals surface area contributed by atoms with E-state index < -0.39 is 12.3 Å². The summed E-state index contributed by atoms with van der Waals surface area (Å²) in [7, 11) is 0. The van der Waals surface area contributed by atoms with Crippen molar-refractivity contribution in [2.24, 2.45) is 5.73 Å². The fourth-order valence-corrected chi connectivity index (χ4v) is 3.44. The van der Waals surface area contributed by atoms with Gasteiger partial charge in [-0.1, -0.05) is 0 Å². The Hall–Kier alpha value is -3.27. The van der Waals surface area contributed by atoms with Gasteiger partial charge in [-0.05, 0) is 19.1 Å². The van der Waals surface area contributed by atoms with E-state index in [1.54, 1.807) is 30.6 Å². The van der Waals surface area contributed by atoms with Crippen LogP contribution in [0.2, 0.25) is 0 Å². The minimum Gasteiger partial charge on any atom is -0.365 e. The Labute approximate surface area is 155 Å². The molecule has 0 bridgehead atoms. The third-order valence-corrected chi connectivity index (χ3v) is 4.76. The van der Waals surface area contributed by atoms with E-state index >= 15 is 0 Å². The highest BCUT2D eigenvalue weighted by Crippen LogP contribution is 2.32. The van der Waals surface area contributed by atoms with E-state index in [2.05, 4.69) is 19.9 Å². The zero-order valence-corrected chi connectivity index (χ0v) is 14.7. The summed E-state index contributed by atoms with van der Waals surface area (Å²) in [5, 5.41) is 2.30. The van der Waals surface area contributed by atoms with E-state index in [0.29, 0.717) is 16.2 Å². The van der Waals surface area contributed by atoms with Gasteiger partial charge in [-0.3, -0.25) is 14.3 Å². The smallest absolute Gasteiger partial charge is 0.267 e. The molecule has 1 amide bonds. The number of halogens is 2. The third-order valence-electron chi connectivity index (χ3n) is 3.99. The van der Waals surface area contributed by atoms with Gasteiger partial charge in [0.25, 0.3) is 12.3 Å². The van der Waals surface area contributed by atoms with Crippen LogP contribution in [0.4, 0.5) is 8.78 Å². The molecule has 0 aliphatic carbocycles. The van der Waals surface area contributed by atoms with Gasteiger partial charge < -0.3 is 5.73 Å². The van der Waals surface area contributed by atoms with Gasteiger partial charge >= 0.3 is 0 Å². The molecule has 0 aliphatic rings. The van der Waals surface area contributed by atoms with Crippen molar-refractivity contribution in [2.75, 3.05) is 0 Å². The Balaban J connectivity index is 2.06. The molecule has 0 aromatic carbocycles. The molecule has 0 saturated heterocycles. The number of hydrogen-bond donors (Lipinski definition) is 1. The molecule has 0 radical (unpaired) electrons. The summed E-state index contributed by atoms with van der Waals surface area (Å²) in [6.07, 6.45) is 1.52. The lowest BCUT2D eigenvalue weighted by Gasteiger charge is -2.12. The van der Waals surface area contributed by atoms with Gasteiger partial charge in [-0.15, -0.1) is 11.3 Å². The van der Waals surface area contributed by atoms with E-state index in [0.717, 1.165) is 0 Å². The number of nitrogens with two attached hydrogens (primary N) is 1. The first kappa shape index (κ1) is 17.2. The number of nitrogens with zero attached hydrogens (tertiary/aromatic N) is 5. The number of rotatable bonds is 4. The second-order valence-electron chi connectivity index (χ2n) is 5.66. The second kappa shape index (κ2) is 6.47. The summed E-state index contributed by atoms with van der Waals surface area (Å²) in [5.41, 5.74) is 6.18. The molecule has 0 unspecified atom stereocenters. The molecule has 0 fully saturated rings. The topological polar surface area (TPSA) is 99.6 Å². The van der Waals surface area contributed by atoms with E-state index in [1.807, 2.05) is 0 Å². The first-order valence-electron chi connectivity index (χ1n) is 7.80. The molecular weight excluding hydrogens is 374 g/mol. The highest BCUT2D eigenvalue weighted by molar-refractivity contribution is 7.13. The molecule has 4 heterocycles. The number of carbonyl (C=O) groups excluding carboxylic acids is 1. The van der Waals surface area contributed by atoms with Crippen LogP contribution in [0, 0.1) is 6.92 Å². The minimum absolute atomic E-state index is 0.0527. The summed E-state index contributed by atoms with van der Waals surface area (Å²) in [4.78, 5) is 29.0. The standard InChI is InChI=1S/C17H12F2N6OS/c1-8-11(14(20)26)16(24-15(23-8)17-22-5-6-27-17)25-7-9(13(18)19)12-10(25)3-2-4-21-12/h2-7,13H,1H3,(H2,20,26). The van der Waals surface area contributed by atoms with E-state index in [-0.39, 0.29) is 28.3 Å². The Morgan fingerprint density at radius 1 is 1.26 bits per heavy atom. The summed E-state index contributed by atoms with van der Waals surface area (Å²) in [6.45, 7) is 1.61. The molecule has 136 valence electrons. The first-order chi connectivity index (χ1) is 13.0. The van der Waals surface area contributed by atoms with Gasteiger partial charge in [0.05, 0.1) is 22.3 Å². The number of fused-ring (bicyclic) bond motifs is 1. The van der Waals surface area contributed by atoms with E-state index in [4.69, 9.17) is 5.73 Å². The van der Waals surface area contributed by atoms with Crippen molar-refractivity contribution in [3.8, 4) is 16.6 Å². The summed E-state index contributed by atoms with van der Waals surface area (Å²) in [5.74, 6) is -0.352. The van der Waals surface area contributed by atoms with Crippen molar-refractivity contribution in [2.45, 2.75) is 13.3 Å². The first-order valence-corrected chi connectivity index (χ1v) is 8.68. The second-order valence-corrected chi connectivity index (χ2v) is 6.55. The van der Waals surface area contributed by atoms with E-state index in [9.17, 15) is 13.6 Å². The molecule has 4 aromatic rings. The van der Waals surface area contributed by atoms with Crippen LogP contribution in [0.1, 0.15) is 28.0 Å². The Bertz CT molecular complexity index is 1160. The van der Waals surface area contributed by atoms with Gasteiger partial charge in [0.1, 0.15) is 5.56 Å². The van der Waals surface area contributed by atoms with Crippen LogP contribution in [-0.4, -0.2) is 30.4 Å². The van der Waals surface area contributed by atoms with Crippen LogP contribution < -0.4 is 5.73 Å². The number of carbonyl (C=O) groups is 1. The molecule has 0 atom stereocenters. The molecule has 2 N–H and O–H groups in total. The zero-order valence-electron chi connectivity index (χ0n) is 13.9. The molecule has 7 nitrogen and oxygen atoms in total. The van der Waals surface area contributed by atoms with Crippen molar-refractivity contribution < 1.29 is 13.6 Å². The molecule has 0 saturated carbocycles. The summed E-state index contributed by atoms with van der Waals surface area (Å²) >= 11 is 1.32. The molecule has 10 heteroatoms. The fraction of sp³-hybridized carbons (Fsp3) is 0.118. The van der Waals surface area contributed by atoms with Crippen molar-refractivity contribution in [3.05, 3.63) is 52.9 Å². The van der Waals surface area contributed by atoms with Crippen molar-refractivity contribution in [3.63, 3.8) is 0 Å². The molecule has 27 heavy (non-hydrogen) atoms. The van der Waals surface area contributed by atoms with Gasteiger partial charge in [0.2, 0.25) is 0 Å². The maximum Gasteiger partial charge on any atom is 0.267 e. The number of thiazole rings is 1. The van der Waals surface area contributed by atoms with Gasteiger partial charge in [0, 0.05) is 24.0 Å². The van der Waals surface area contributed by atoms with Crippen molar-refractivity contribution in [1.29, 1.82) is 0 Å². The quantitative estimate of drug-likeness (QED) is 0.580. The Morgan fingerprint density at radius 3 is 2.74 bits per heavy atom. The zero-order chi connectivity index (χ0) is 19.1. The average molecular weight is 386 g/mol. The number of aryl methyl sites for hydroxylation is 1. The van der Waals surface area contributed by atoms with Crippen LogP contribution >= 0.6 is 11.3 Å². The Morgan fingerprint density at radius 2 is 2.07 bits per heavy atom. The molecule has 4 aromatic heterocycles. The van der Waals surface area contributed by atoms with Crippen molar-refractivity contribution in [1.82, 2.24) is 24.5 Å². The van der Waals surface area contributed by atoms with Crippen molar-refractivity contribution >= 4 is 28.3 Å². The lowest BCUT2D eigenvalue weighted by molar-refractivity contribution is 0.0999. The monoisotopic (exact) mass is 386 g/mol. The maximum absolute atomic E-state index is 13.5. The summed E-state index contributed by atoms with van der Waals surface area (Å²) < 4.78 is 28.4. The summed E-state index contributed by atoms with van der Waals surface area (Å²) in [6, 6.07) is 3.24. The van der Waals surface area contributed by atoms with Crippen LogP contribution in [0.25, 0.3) is 27.7 Å². The normalized spacial score (nSPS) is 11.4. The molecule has 4 rings (SSSR count). The SMILES string of the molecule is Cc1nc(-c2nccs2)nc(-n2cc(C(F)F)c3ncccc32)c1C(N)=O. The number of pyridine rings is 1. The number of hydrogen-bond acceptors (Lipinski definition) is 6. The fourth-order valence-electron chi connectivity index (χ4n) is 2.87. The number of amides is 1. The number of primary amides is 1. The van der Waals surface area contributed by atoms with Crippen LogP contribution in [0.3, 0.4) is 0 Å². The van der Waals surface area contributed by atoms with Crippen LogP contribution in [0.15, 0.2) is 36.1 Å².